The van der Waals surface area contributed by atoms with Crippen LogP contribution in [0.2, 0.25) is 0 Å². The maximum atomic E-state index is 11.4. The molecule has 0 bridgehead atoms. The van der Waals surface area contributed by atoms with Crippen LogP contribution in [0.4, 0.5) is 5.69 Å². The third-order valence-electron chi connectivity index (χ3n) is 2.47. The first-order chi connectivity index (χ1) is 7.74. The Hall–Kier alpha value is -2.17. The Morgan fingerprint density at radius 2 is 2.12 bits per heavy atom. The third-order valence-corrected chi connectivity index (χ3v) is 2.47. The third kappa shape index (κ3) is 1.29. The molecule has 0 unspecified atom stereocenters. The SMILES string of the molecule is O=C1[C]=C(O)CN1c1ccc2c(c1)OCO2. The lowest BCUT2D eigenvalue weighted by molar-refractivity contribution is -0.114. The summed E-state index contributed by atoms with van der Waals surface area (Å²) in [6.07, 6.45) is 2.32. The number of carbonyl (C=O) groups is 1. The van der Waals surface area contributed by atoms with Crippen LogP contribution in [-0.4, -0.2) is 24.4 Å². The number of aliphatic hydroxyl groups is 1. The zero-order chi connectivity index (χ0) is 11.1. The summed E-state index contributed by atoms with van der Waals surface area (Å²) in [5, 5.41) is 9.21. The number of carbonyl (C=O) groups excluding carboxylic acids is 1. The van der Waals surface area contributed by atoms with E-state index in [-0.39, 0.29) is 25.0 Å². The highest BCUT2D eigenvalue weighted by Gasteiger charge is 2.25. The normalized spacial score (nSPS) is 17.9. The number of hydrogen-bond donors (Lipinski definition) is 1. The van der Waals surface area contributed by atoms with Crippen molar-refractivity contribution in [1.82, 2.24) is 0 Å². The summed E-state index contributed by atoms with van der Waals surface area (Å²) < 4.78 is 10.4. The van der Waals surface area contributed by atoms with Gasteiger partial charge >= 0.3 is 0 Å². The van der Waals surface area contributed by atoms with E-state index in [9.17, 15) is 9.90 Å². The lowest BCUT2D eigenvalue weighted by atomic mass is 10.2. The molecule has 0 aliphatic carbocycles. The second-order valence-corrected chi connectivity index (χ2v) is 3.50. The molecular weight excluding hydrogens is 210 g/mol. The topological polar surface area (TPSA) is 59.0 Å². The lowest BCUT2D eigenvalue weighted by Gasteiger charge is -2.15. The van der Waals surface area contributed by atoms with E-state index in [1.54, 1.807) is 18.2 Å². The Labute approximate surface area is 91.5 Å². The van der Waals surface area contributed by atoms with Crippen molar-refractivity contribution in [1.29, 1.82) is 0 Å². The highest BCUT2D eigenvalue weighted by molar-refractivity contribution is 6.01. The minimum absolute atomic E-state index is 0.0531. The van der Waals surface area contributed by atoms with Crippen LogP contribution in [0, 0.1) is 6.08 Å². The summed E-state index contributed by atoms with van der Waals surface area (Å²) in [6.45, 7) is 0.348. The Bertz CT molecular complexity index is 495. The predicted molar refractivity (Wildman–Crippen MR) is 54.3 cm³/mol. The van der Waals surface area contributed by atoms with Crippen LogP contribution in [0.3, 0.4) is 0 Å². The molecule has 1 amide bonds. The summed E-state index contributed by atoms with van der Waals surface area (Å²) in [7, 11) is 0. The number of rotatable bonds is 1. The van der Waals surface area contributed by atoms with Crippen molar-refractivity contribution in [3.05, 3.63) is 30.0 Å². The van der Waals surface area contributed by atoms with Crippen LogP contribution in [-0.2, 0) is 4.79 Å². The van der Waals surface area contributed by atoms with Crippen molar-refractivity contribution in [2.45, 2.75) is 0 Å². The summed E-state index contributed by atoms with van der Waals surface area (Å²) >= 11 is 0. The van der Waals surface area contributed by atoms with E-state index in [2.05, 4.69) is 6.08 Å². The van der Waals surface area contributed by atoms with Gasteiger partial charge in [0.05, 0.1) is 12.6 Å². The Morgan fingerprint density at radius 1 is 1.31 bits per heavy atom. The van der Waals surface area contributed by atoms with E-state index in [0.717, 1.165) is 0 Å². The largest absolute Gasteiger partial charge is 0.510 e. The molecule has 0 atom stereocenters. The molecule has 0 aromatic heterocycles. The second kappa shape index (κ2) is 3.16. The second-order valence-electron chi connectivity index (χ2n) is 3.50. The molecule has 2 aliphatic heterocycles. The first kappa shape index (κ1) is 9.08. The molecule has 5 nitrogen and oxygen atoms in total. The van der Waals surface area contributed by atoms with Crippen LogP contribution >= 0.6 is 0 Å². The minimum Gasteiger partial charge on any atom is -0.510 e. The van der Waals surface area contributed by atoms with Gasteiger partial charge in [-0.1, -0.05) is 0 Å². The average Bonchev–Trinajstić information content (AvgIpc) is 2.83. The molecule has 2 aliphatic rings. The molecule has 0 saturated heterocycles. The van der Waals surface area contributed by atoms with Crippen LogP contribution in [0.15, 0.2) is 24.0 Å². The van der Waals surface area contributed by atoms with Crippen molar-refractivity contribution >= 4 is 11.6 Å². The van der Waals surface area contributed by atoms with Crippen molar-refractivity contribution < 1.29 is 19.4 Å². The summed E-state index contributed by atoms with van der Waals surface area (Å²) in [6, 6.07) is 5.19. The first-order valence-electron chi connectivity index (χ1n) is 4.77. The molecule has 0 fully saturated rings. The smallest absolute Gasteiger partial charge is 0.263 e. The van der Waals surface area contributed by atoms with Crippen molar-refractivity contribution in [3.8, 4) is 11.5 Å². The summed E-state index contributed by atoms with van der Waals surface area (Å²) in [4.78, 5) is 12.9. The number of fused-ring (bicyclic) bond motifs is 1. The van der Waals surface area contributed by atoms with Gasteiger partial charge in [0.15, 0.2) is 11.5 Å². The Balaban J connectivity index is 1.94. The highest BCUT2D eigenvalue weighted by Crippen LogP contribution is 2.36. The molecule has 0 spiro atoms. The lowest BCUT2D eigenvalue weighted by Crippen LogP contribution is -2.25. The van der Waals surface area contributed by atoms with Gasteiger partial charge in [0.2, 0.25) is 6.79 Å². The molecule has 1 radical (unpaired) electrons. The highest BCUT2D eigenvalue weighted by atomic mass is 16.7. The van der Waals surface area contributed by atoms with Gasteiger partial charge in [-0.15, -0.1) is 0 Å². The van der Waals surface area contributed by atoms with Crippen LogP contribution in [0.5, 0.6) is 11.5 Å². The minimum atomic E-state index is -0.351. The zero-order valence-corrected chi connectivity index (χ0v) is 8.27. The fourth-order valence-electron chi connectivity index (χ4n) is 1.71. The number of anilines is 1. The van der Waals surface area contributed by atoms with Crippen LogP contribution < -0.4 is 14.4 Å². The molecular formula is C11H8NO4. The number of aliphatic hydroxyl groups excluding tert-OH is 1. The van der Waals surface area contributed by atoms with Crippen molar-refractivity contribution in [2.75, 3.05) is 18.2 Å². The summed E-state index contributed by atoms with van der Waals surface area (Å²) in [5.41, 5.74) is 0.658. The molecule has 2 heterocycles. The number of amides is 1. The molecule has 16 heavy (non-hydrogen) atoms. The molecule has 81 valence electrons. The number of benzene rings is 1. The van der Waals surface area contributed by atoms with E-state index in [1.165, 1.54) is 4.90 Å². The Morgan fingerprint density at radius 3 is 2.88 bits per heavy atom. The van der Waals surface area contributed by atoms with Crippen molar-refractivity contribution in [2.24, 2.45) is 0 Å². The van der Waals surface area contributed by atoms with Crippen LogP contribution in [0.1, 0.15) is 0 Å². The monoisotopic (exact) mass is 218 g/mol. The standard InChI is InChI=1S/C11H8NO4/c13-8-4-11(14)12(5-8)7-1-2-9-10(3-7)16-6-15-9/h1-3,13H,5-6H2. The number of nitrogens with zero attached hydrogens (tertiary/aromatic N) is 1. The van der Waals surface area contributed by atoms with Gasteiger partial charge in [-0.25, -0.2) is 0 Å². The molecule has 1 aromatic carbocycles. The van der Waals surface area contributed by atoms with Gasteiger partial charge in [-0.3, -0.25) is 4.79 Å². The van der Waals surface area contributed by atoms with Gasteiger partial charge in [0, 0.05) is 11.8 Å². The maximum absolute atomic E-state index is 11.4. The average molecular weight is 218 g/mol. The van der Waals surface area contributed by atoms with Gasteiger partial charge in [-0.05, 0) is 12.1 Å². The molecule has 1 aromatic rings. The molecule has 3 rings (SSSR count). The van der Waals surface area contributed by atoms with E-state index >= 15 is 0 Å². The molecule has 0 saturated carbocycles. The van der Waals surface area contributed by atoms with Crippen LogP contribution in [0.25, 0.3) is 0 Å². The van der Waals surface area contributed by atoms with E-state index in [0.29, 0.717) is 17.2 Å². The fourth-order valence-corrected chi connectivity index (χ4v) is 1.71. The number of hydrogen-bond acceptors (Lipinski definition) is 4. The van der Waals surface area contributed by atoms with Gasteiger partial charge in [-0.2, -0.15) is 0 Å². The summed E-state index contributed by atoms with van der Waals surface area (Å²) in [5.74, 6) is 0.868. The van der Waals surface area contributed by atoms with E-state index < -0.39 is 0 Å². The Kier molecular flexibility index (Phi) is 1.80. The first-order valence-corrected chi connectivity index (χ1v) is 4.77. The molecule has 1 N–H and O–H groups in total. The van der Waals surface area contributed by atoms with Gasteiger partial charge in [0.25, 0.3) is 5.91 Å². The number of ether oxygens (including phenoxy) is 2. The van der Waals surface area contributed by atoms with E-state index in [4.69, 9.17) is 9.47 Å². The molecule has 5 heteroatoms. The van der Waals surface area contributed by atoms with Gasteiger partial charge in [0.1, 0.15) is 5.76 Å². The zero-order valence-electron chi connectivity index (χ0n) is 8.27. The maximum Gasteiger partial charge on any atom is 0.263 e. The quantitative estimate of drug-likeness (QED) is 0.764. The van der Waals surface area contributed by atoms with E-state index in [1.807, 2.05) is 0 Å². The predicted octanol–water partition coefficient (Wildman–Crippen LogP) is 1.01. The fraction of sp³-hybridized carbons (Fsp3) is 0.182. The van der Waals surface area contributed by atoms with Crippen molar-refractivity contribution in [3.63, 3.8) is 0 Å². The van der Waals surface area contributed by atoms with Gasteiger partial charge < -0.3 is 19.5 Å².